The molecule has 0 bridgehead atoms. The number of methoxy groups -OCH3 is 1. The van der Waals surface area contributed by atoms with Crippen LogP contribution in [0.5, 0.6) is 11.5 Å². The van der Waals surface area contributed by atoms with Crippen molar-refractivity contribution in [3.63, 3.8) is 0 Å². The lowest BCUT2D eigenvalue weighted by molar-refractivity contribution is 0.306. The lowest BCUT2D eigenvalue weighted by Crippen LogP contribution is -2.16. The molecule has 0 unspecified atom stereocenters. The fourth-order valence-corrected chi connectivity index (χ4v) is 3.41. The smallest absolute Gasteiger partial charge is 0.209 e. The molecule has 0 aliphatic carbocycles. The van der Waals surface area contributed by atoms with Gasteiger partial charge in [0.15, 0.2) is 11.5 Å². The molecular formula is C15H22BrN5O2S. The van der Waals surface area contributed by atoms with Crippen LogP contribution in [0.3, 0.4) is 0 Å². The van der Waals surface area contributed by atoms with Crippen molar-refractivity contribution in [1.29, 1.82) is 0 Å². The highest BCUT2D eigenvalue weighted by atomic mass is 79.9. The summed E-state index contributed by atoms with van der Waals surface area (Å²) in [5, 5.41) is 15.7. The molecule has 2 aromatic rings. The monoisotopic (exact) mass is 415 g/mol. The fraction of sp³-hybridized carbons (Fsp3) is 0.533. The molecule has 1 N–H and O–H groups in total. The van der Waals surface area contributed by atoms with Crippen molar-refractivity contribution in [2.24, 2.45) is 7.05 Å². The zero-order chi connectivity index (χ0) is 17.4. The topological polar surface area (TPSA) is 74.1 Å². The Hall–Kier alpha value is -1.32. The number of halogens is 1. The van der Waals surface area contributed by atoms with Crippen molar-refractivity contribution >= 4 is 27.7 Å². The van der Waals surface area contributed by atoms with E-state index >= 15 is 0 Å². The zero-order valence-corrected chi connectivity index (χ0v) is 16.5. The van der Waals surface area contributed by atoms with E-state index in [4.69, 9.17) is 9.47 Å². The highest BCUT2D eigenvalue weighted by Crippen LogP contribution is 2.34. The van der Waals surface area contributed by atoms with Gasteiger partial charge in [-0.2, -0.15) is 0 Å². The van der Waals surface area contributed by atoms with Crippen LogP contribution < -0.4 is 14.8 Å². The second kappa shape index (κ2) is 9.85. The molecule has 0 atom stereocenters. The third-order valence-electron chi connectivity index (χ3n) is 3.23. The van der Waals surface area contributed by atoms with Crippen molar-refractivity contribution in [2.45, 2.75) is 25.0 Å². The van der Waals surface area contributed by atoms with Crippen LogP contribution in [0, 0.1) is 0 Å². The maximum atomic E-state index is 5.74. The molecule has 1 aromatic heterocycles. The normalized spacial score (nSPS) is 10.8. The van der Waals surface area contributed by atoms with Gasteiger partial charge < -0.3 is 14.8 Å². The molecule has 24 heavy (non-hydrogen) atoms. The summed E-state index contributed by atoms with van der Waals surface area (Å²) in [4.78, 5) is 0. The van der Waals surface area contributed by atoms with Gasteiger partial charge in [-0.1, -0.05) is 27.7 Å². The zero-order valence-electron chi connectivity index (χ0n) is 14.1. The number of nitrogens with zero attached hydrogens (tertiary/aromatic N) is 4. The molecule has 0 saturated heterocycles. The van der Waals surface area contributed by atoms with Crippen molar-refractivity contribution < 1.29 is 9.47 Å². The fourth-order valence-electron chi connectivity index (χ4n) is 2.14. The van der Waals surface area contributed by atoms with Gasteiger partial charge >= 0.3 is 0 Å². The number of ether oxygens (including phenoxy) is 2. The molecule has 7 nitrogen and oxygen atoms in total. The number of rotatable bonds is 10. The van der Waals surface area contributed by atoms with Gasteiger partial charge in [-0.3, -0.25) is 0 Å². The number of thioether (sulfide) groups is 1. The van der Waals surface area contributed by atoms with Gasteiger partial charge in [0, 0.05) is 29.4 Å². The van der Waals surface area contributed by atoms with E-state index in [0.29, 0.717) is 6.61 Å². The first kappa shape index (κ1) is 19.0. The van der Waals surface area contributed by atoms with Crippen LogP contribution in [-0.4, -0.2) is 46.2 Å². The first-order chi connectivity index (χ1) is 11.7. The molecular weight excluding hydrogens is 394 g/mol. The van der Waals surface area contributed by atoms with Crippen LogP contribution in [0.25, 0.3) is 0 Å². The first-order valence-corrected chi connectivity index (χ1v) is 9.48. The number of hydrogen-bond donors (Lipinski definition) is 1. The second-order valence-corrected chi connectivity index (χ2v) is 6.97. The molecule has 1 aromatic carbocycles. The maximum Gasteiger partial charge on any atom is 0.209 e. The predicted octanol–water partition coefficient (Wildman–Crippen LogP) is 2.65. The van der Waals surface area contributed by atoms with E-state index in [9.17, 15) is 0 Å². The SMILES string of the molecule is CCOc1c(CNCCCSc2nnnn2C)cc(Br)cc1OC. The Balaban J connectivity index is 1.81. The van der Waals surface area contributed by atoms with Gasteiger partial charge in [-0.15, -0.1) is 5.10 Å². The molecule has 9 heteroatoms. The summed E-state index contributed by atoms with van der Waals surface area (Å²) in [6.45, 7) is 4.20. The number of tetrazole rings is 1. The minimum Gasteiger partial charge on any atom is -0.493 e. The Kier molecular flexibility index (Phi) is 7.80. The van der Waals surface area contributed by atoms with Gasteiger partial charge in [-0.05, 0) is 42.4 Å². The van der Waals surface area contributed by atoms with Crippen LogP contribution in [0.4, 0.5) is 0 Å². The van der Waals surface area contributed by atoms with E-state index in [1.54, 1.807) is 23.6 Å². The molecule has 0 fully saturated rings. The number of hydrogen-bond acceptors (Lipinski definition) is 7. The van der Waals surface area contributed by atoms with E-state index in [0.717, 1.165) is 52.0 Å². The Morgan fingerprint density at radius 1 is 1.38 bits per heavy atom. The number of aryl methyl sites for hydroxylation is 1. The molecule has 1 heterocycles. The first-order valence-electron chi connectivity index (χ1n) is 7.70. The standard InChI is InChI=1S/C15H22BrN5O2S/c1-4-23-14-11(8-12(16)9-13(14)22-3)10-17-6-5-7-24-15-18-19-20-21(15)2/h8-9,17H,4-7,10H2,1-3H3. The average molecular weight is 416 g/mol. The minimum absolute atomic E-state index is 0.605. The van der Waals surface area contributed by atoms with Gasteiger partial charge in [0.25, 0.3) is 0 Å². The van der Waals surface area contributed by atoms with E-state index in [2.05, 4.69) is 42.8 Å². The van der Waals surface area contributed by atoms with Crippen LogP contribution in [0.2, 0.25) is 0 Å². The second-order valence-electron chi connectivity index (χ2n) is 4.99. The summed E-state index contributed by atoms with van der Waals surface area (Å²) in [7, 11) is 3.50. The molecule has 0 radical (unpaired) electrons. The van der Waals surface area contributed by atoms with E-state index < -0.39 is 0 Å². The predicted molar refractivity (Wildman–Crippen MR) is 97.7 cm³/mol. The maximum absolute atomic E-state index is 5.74. The number of benzene rings is 1. The van der Waals surface area contributed by atoms with Gasteiger partial charge in [0.1, 0.15) is 0 Å². The van der Waals surface area contributed by atoms with Crippen LogP contribution in [-0.2, 0) is 13.6 Å². The summed E-state index contributed by atoms with van der Waals surface area (Å²) >= 11 is 5.17. The van der Waals surface area contributed by atoms with Crippen molar-refractivity contribution in [1.82, 2.24) is 25.5 Å². The molecule has 0 spiro atoms. The van der Waals surface area contributed by atoms with Crippen molar-refractivity contribution in [2.75, 3.05) is 26.0 Å². The highest BCUT2D eigenvalue weighted by Gasteiger charge is 2.12. The van der Waals surface area contributed by atoms with E-state index in [1.165, 1.54) is 0 Å². The molecule has 0 saturated carbocycles. The lowest BCUT2D eigenvalue weighted by atomic mass is 10.2. The Labute approximate surface area is 154 Å². The summed E-state index contributed by atoms with van der Waals surface area (Å²) in [5.41, 5.74) is 1.08. The summed E-state index contributed by atoms with van der Waals surface area (Å²) < 4.78 is 13.8. The van der Waals surface area contributed by atoms with Gasteiger partial charge in [-0.25, -0.2) is 4.68 Å². The highest BCUT2D eigenvalue weighted by molar-refractivity contribution is 9.10. The average Bonchev–Trinajstić information content (AvgIpc) is 2.97. The summed E-state index contributed by atoms with van der Waals surface area (Å²) in [6, 6.07) is 3.97. The van der Waals surface area contributed by atoms with Crippen LogP contribution in [0.15, 0.2) is 21.8 Å². The molecule has 2 rings (SSSR count). The molecule has 132 valence electrons. The minimum atomic E-state index is 0.605. The van der Waals surface area contributed by atoms with E-state index in [1.807, 2.05) is 20.0 Å². The Morgan fingerprint density at radius 3 is 2.88 bits per heavy atom. The molecule has 0 aliphatic heterocycles. The van der Waals surface area contributed by atoms with Gasteiger partial charge in [0.2, 0.25) is 5.16 Å². The van der Waals surface area contributed by atoms with Crippen LogP contribution >= 0.6 is 27.7 Å². The number of aromatic nitrogens is 4. The lowest BCUT2D eigenvalue weighted by Gasteiger charge is -2.15. The summed E-state index contributed by atoms with van der Waals surface area (Å²) in [6.07, 6.45) is 1.02. The largest absolute Gasteiger partial charge is 0.493 e. The molecule has 0 aliphatic rings. The van der Waals surface area contributed by atoms with Crippen molar-refractivity contribution in [3.8, 4) is 11.5 Å². The quantitative estimate of drug-likeness (QED) is 0.472. The van der Waals surface area contributed by atoms with E-state index in [-0.39, 0.29) is 0 Å². The third kappa shape index (κ3) is 5.35. The third-order valence-corrected chi connectivity index (χ3v) is 4.79. The van der Waals surface area contributed by atoms with Crippen molar-refractivity contribution in [3.05, 3.63) is 22.2 Å². The van der Waals surface area contributed by atoms with Crippen LogP contribution in [0.1, 0.15) is 18.9 Å². The van der Waals surface area contributed by atoms with Gasteiger partial charge in [0.05, 0.1) is 13.7 Å². The Bertz CT molecular complexity index is 653. The molecule has 0 amide bonds. The Morgan fingerprint density at radius 2 is 2.21 bits per heavy atom. The summed E-state index contributed by atoms with van der Waals surface area (Å²) in [5.74, 6) is 2.50. The number of nitrogens with one attached hydrogen (secondary N) is 1.